The number of nitrogens with two attached hydrogens (primary N) is 1. The summed E-state index contributed by atoms with van der Waals surface area (Å²) >= 11 is 9.22. The Morgan fingerprint density at radius 1 is 1.50 bits per heavy atom. The first-order chi connectivity index (χ1) is 8.61. The van der Waals surface area contributed by atoms with E-state index in [1.54, 1.807) is 18.2 Å². The topological polar surface area (TPSA) is 55.1 Å². The van der Waals surface area contributed by atoms with Gasteiger partial charge in [0.2, 0.25) is 0 Å². The lowest BCUT2D eigenvalue weighted by Gasteiger charge is -2.19. The predicted molar refractivity (Wildman–Crippen MR) is 76.8 cm³/mol. The first-order valence-corrected chi connectivity index (χ1v) is 7.25. The van der Waals surface area contributed by atoms with E-state index in [9.17, 15) is 4.79 Å². The first kappa shape index (κ1) is 13.8. The zero-order valence-electron chi connectivity index (χ0n) is 9.96. The lowest BCUT2D eigenvalue weighted by Crippen LogP contribution is -2.39. The van der Waals surface area contributed by atoms with Crippen molar-refractivity contribution in [3.63, 3.8) is 0 Å². The van der Waals surface area contributed by atoms with Crippen LogP contribution in [0.25, 0.3) is 0 Å². The molecule has 1 aromatic carbocycles. The summed E-state index contributed by atoms with van der Waals surface area (Å²) < 4.78 is 0.717. The molecule has 2 atom stereocenters. The van der Waals surface area contributed by atoms with E-state index >= 15 is 0 Å². The fourth-order valence-electron chi connectivity index (χ4n) is 2.43. The van der Waals surface area contributed by atoms with Crippen molar-refractivity contribution in [3.05, 3.63) is 33.3 Å². The van der Waals surface area contributed by atoms with E-state index in [0.717, 1.165) is 23.7 Å². The third-order valence-electron chi connectivity index (χ3n) is 3.45. The summed E-state index contributed by atoms with van der Waals surface area (Å²) in [6, 6.07) is 5.38. The van der Waals surface area contributed by atoms with Gasteiger partial charge in [0, 0.05) is 15.5 Å². The second-order valence-corrected chi connectivity index (χ2v) is 5.92. The van der Waals surface area contributed by atoms with Crippen molar-refractivity contribution in [2.24, 2.45) is 11.7 Å². The van der Waals surface area contributed by atoms with Crippen LogP contribution >= 0.6 is 27.5 Å². The van der Waals surface area contributed by atoms with E-state index in [2.05, 4.69) is 21.2 Å². The number of carbonyl (C=O) groups excluding carboxylic acids is 1. The van der Waals surface area contributed by atoms with Gasteiger partial charge >= 0.3 is 0 Å². The molecule has 0 saturated heterocycles. The number of nitrogens with one attached hydrogen (secondary N) is 1. The Labute approximate surface area is 120 Å². The lowest BCUT2D eigenvalue weighted by atomic mass is 10.0. The highest BCUT2D eigenvalue weighted by molar-refractivity contribution is 9.10. The number of amides is 1. The normalized spacial score (nSPS) is 23.1. The van der Waals surface area contributed by atoms with E-state index in [1.807, 2.05) is 0 Å². The summed E-state index contributed by atoms with van der Waals surface area (Å²) in [5, 5.41) is 3.67. The minimum absolute atomic E-state index is 0.0658. The molecular formula is C13H16BrClN2O. The highest BCUT2D eigenvalue weighted by Gasteiger charge is 2.27. The molecule has 0 spiro atoms. The van der Waals surface area contributed by atoms with Crippen LogP contribution in [0.3, 0.4) is 0 Å². The summed E-state index contributed by atoms with van der Waals surface area (Å²) in [5.41, 5.74) is 6.32. The first-order valence-electron chi connectivity index (χ1n) is 6.08. The molecule has 98 valence electrons. The molecule has 18 heavy (non-hydrogen) atoms. The monoisotopic (exact) mass is 330 g/mol. The standard InChI is InChI=1S/C13H16BrClN2O/c14-11-6-9(15)4-5-10(11)13(18)17-12-3-1-2-8(12)7-16/h4-6,8,12H,1-3,7,16H2,(H,17,18). The Morgan fingerprint density at radius 3 is 2.94 bits per heavy atom. The van der Waals surface area contributed by atoms with Gasteiger partial charge in [0.25, 0.3) is 5.91 Å². The fraction of sp³-hybridized carbons (Fsp3) is 0.462. The molecule has 2 rings (SSSR count). The van der Waals surface area contributed by atoms with Crippen molar-refractivity contribution >= 4 is 33.4 Å². The van der Waals surface area contributed by atoms with Crippen LogP contribution in [0, 0.1) is 5.92 Å². The van der Waals surface area contributed by atoms with Gasteiger partial charge in [-0.05, 0) is 59.4 Å². The molecule has 1 amide bonds. The van der Waals surface area contributed by atoms with Gasteiger partial charge in [-0.15, -0.1) is 0 Å². The van der Waals surface area contributed by atoms with Gasteiger partial charge < -0.3 is 11.1 Å². The van der Waals surface area contributed by atoms with Crippen LogP contribution in [0.5, 0.6) is 0 Å². The maximum atomic E-state index is 12.2. The maximum absolute atomic E-state index is 12.2. The van der Waals surface area contributed by atoms with E-state index < -0.39 is 0 Å². The minimum Gasteiger partial charge on any atom is -0.349 e. The summed E-state index contributed by atoms with van der Waals surface area (Å²) in [6.45, 7) is 0.632. The number of hydrogen-bond acceptors (Lipinski definition) is 2. The number of hydrogen-bond donors (Lipinski definition) is 2. The third-order valence-corrected chi connectivity index (χ3v) is 4.35. The van der Waals surface area contributed by atoms with Gasteiger partial charge in [0.15, 0.2) is 0 Å². The molecule has 0 heterocycles. The van der Waals surface area contributed by atoms with Crippen LogP contribution in [0.1, 0.15) is 29.6 Å². The molecule has 0 radical (unpaired) electrons. The molecule has 5 heteroatoms. The van der Waals surface area contributed by atoms with Crippen LogP contribution in [0.4, 0.5) is 0 Å². The summed E-state index contributed by atoms with van der Waals surface area (Å²) in [5.74, 6) is 0.337. The van der Waals surface area contributed by atoms with Crippen LogP contribution in [0.15, 0.2) is 22.7 Å². The molecule has 3 N–H and O–H groups in total. The SMILES string of the molecule is NCC1CCCC1NC(=O)c1ccc(Cl)cc1Br. The second kappa shape index (κ2) is 6.04. The van der Waals surface area contributed by atoms with E-state index in [1.165, 1.54) is 0 Å². The molecule has 1 aromatic rings. The van der Waals surface area contributed by atoms with Gasteiger partial charge in [-0.25, -0.2) is 0 Å². The largest absolute Gasteiger partial charge is 0.349 e. The zero-order valence-corrected chi connectivity index (χ0v) is 12.3. The Kier molecular flexibility index (Phi) is 4.65. The molecule has 0 bridgehead atoms. The molecule has 3 nitrogen and oxygen atoms in total. The summed E-state index contributed by atoms with van der Waals surface area (Å²) in [6.07, 6.45) is 3.25. The van der Waals surface area contributed by atoms with Crippen LogP contribution in [0.2, 0.25) is 5.02 Å². The zero-order chi connectivity index (χ0) is 13.1. The highest BCUT2D eigenvalue weighted by Crippen LogP contribution is 2.26. The second-order valence-electron chi connectivity index (χ2n) is 4.63. The Morgan fingerprint density at radius 2 is 2.28 bits per heavy atom. The lowest BCUT2D eigenvalue weighted by molar-refractivity contribution is 0.0928. The Balaban J connectivity index is 2.07. The molecule has 2 unspecified atom stereocenters. The van der Waals surface area contributed by atoms with Gasteiger partial charge in [-0.1, -0.05) is 18.0 Å². The van der Waals surface area contributed by atoms with Crippen LogP contribution in [-0.4, -0.2) is 18.5 Å². The number of rotatable bonds is 3. The van der Waals surface area contributed by atoms with E-state index in [4.69, 9.17) is 17.3 Å². The van der Waals surface area contributed by atoms with Crippen LogP contribution < -0.4 is 11.1 Å². The molecule has 1 fully saturated rings. The van der Waals surface area contributed by atoms with Crippen molar-refractivity contribution < 1.29 is 4.79 Å². The van der Waals surface area contributed by atoms with Gasteiger partial charge in [0.1, 0.15) is 0 Å². The van der Waals surface area contributed by atoms with Crippen molar-refractivity contribution in [3.8, 4) is 0 Å². The molecule has 1 aliphatic rings. The average molecular weight is 332 g/mol. The minimum atomic E-state index is -0.0658. The van der Waals surface area contributed by atoms with Gasteiger partial charge in [0.05, 0.1) is 5.56 Å². The summed E-state index contributed by atoms with van der Waals surface area (Å²) in [4.78, 5) is 12.2. The van der Waals surface area contributed by atoms with Crippen molar-refractivity contribution in [2.75, 3.05) is 6.54 Å². The van der Waals surface area contributed by atoms with Crippen molar-refractivity contribution in [2.45, 2.75) is 25.3 Å². The predicted octanol–water partition coefficient (Wildman–Crippen LogP) is 2.96. The third kappa shape index (κ3) is 3.05. The van der Waals surface area contributed by atoms with Gasteiger partial charge in [-0.2, -0.15) is 0 Å². The van der Waals surface area contributed by atoms with Crippen molar-refractivity contribution in [1.29, 1.82) is 0 Å². The van der Waals surface area contributed by atoms with E-state index in [0.29, 0.717) is 23.0 Å². The van der Waals surface area contributed by atoms with E-state index in [-0.39, 0.29) is 11.9 Å². The van der Waals surface area contributed by atoms with Gasteiger partial charge in [-0.3, -0.25) is 4.79 Å². The average Bonchev–Trinajstić information content (AvgIpc) is 2.76. The smallest absolute Gasteiger partial charge is 0.252 e. The quantitative estimate of drug-likeness (QED) is 0.894. The molecule has 1 saturated carbocycles. The number of carbonyl (C=O) groups is 1. The molecule has 0 aromatic heterocycles. The maximum Gasteiger partial charge on any atom is 0.252 e. The molecule has 0 aliphatic heterocycles. The molecular weight excluding hydrogens is 316 g/mol. The van der Waals surface area contributed by atoms with Crippen LogP contribution in [-0.2, 0) is 0 Å². The van der Waals surface area contributed by atoms with Crippen molar-refractivity contribution in [1.82, 2.24) is 5.32 Å². The fourth-order valence-corrected chi connectivity index (χ4v) is 3.29. The Bertz CT molecular complexity index is 453. The highest BCUT2D eigenvalue weighted by atomic mass is 79.9. The number of halogens is 2. The summed E-state index contributed by atoms with van der Waals surface area (Å²) in [7, 11) is 0. The number of benzene rings is 1. The Hall–Kier alpha value is -0.580. The molecule has 1 aliphatic carbocycles.